The van der Waals surface area contributed by atoms with E-state index in [1.165, 1.54) is 11.3 Å². The molecule has 1 amide bonds. The predicted molar refractivity (Wildman–Crippen MR) is 90.5 cm³/mol. The van der Waals surface area contributed by atoms with E-state index in [0.29, 0.717) is 12.3 Å². The van der Waals surface area contributed by atoms with Crippen molar-refractivity contribution in [2.45, 2.75) is 43.4 Å². The summed E-state index contributed by atoms with van der Waals surface area (Å²) in [7, 11) is 0. The normalized spacial score (nSPS) is 15.5. The number of amides is 1. The van der Waals surface area contributed by atoms with Crippen LogP contribution in [0.15, 0.2) is 33.6 Å². The van der Waals surface area contributed by atoms with Gasteiger partial charge in [0.05, 0.1) is 6.42 Å². The lowest BCUT2D eigenvalue weighted by molar-refractivity contribution is -0.120. The van der Waals surface area contributed by atoms with Gasteiger partial charge in [-0.05, 0) is 36.8 Å². The molecule has 3 rings (SSSR count). The molecule has 5 nitrogen and oxygen atoms in total. The molecule has 0 radical (unpaired) electrons. The van der Waals surface area contributed by atoms with Gasteiger partial charge in [-0.25, -0.2) is 0 Å². The molecule has 6 heteroatoms. The molecule has 0 bridgehead atoms. The van der Waals surface area contributed by atoms with Crippen LogP contribution in [-0.2, 0) is 11.2 Å². The summed E-state index contributed by atoms with van der Waals surface area (Å²) in [6.45, 7) is 0. The molecule has 0 saturated heterocycles. The molecule has 1 aliphatic carbocycles. The minimum atomic E-state index is 0.00391. The largest absolute Gasteiger partial charge is 0.407 e. The highest BCUT2D eigenvalue weighted by molar-refractivity contribution is 7.98. The van der Waals surface area contributed by atoms with E-state index >= 15 is 0 Å². The summed E-state index contributed by atoms with van der Waals surface area (Å²) in [5, 5.41) is 10.7. The molecule has 1 aliphatic rings. The van der Waals surface area contributed by atoms with Crippen LogP contribution in [0.25, 0.3) is 0 Å². The highest BCUT2D eigenvalue weighted by Gasteiger charge is 2.22. The van der Waals surface area contributed by atoms with Crippen molar-refractivity contribution in [3.63, 3.8) is 0 Å². The first-order valence-corrected chi connectivity index (χ1v) is 9.23. The predicted octanol–water partition coefficient (Wildman–Crippen LogP) is 3.90. The maximum atomic E-state index is 12.2. The monoisotopic (exact) mass is 331 g/mol. The average Bonchev–Trinajstić information content (AvgIpc) is 3.03. The molecule has 0 spiro atoms. The SMILES string of the molecule is CSc1ccc(Cc2nnc(NC(=O)C3CCCCC3)o2)cc1. The van der Waals surface area contributed by atoms with Gasteiger partial charge in [0.2, 0.25) is 11.8 Å². The van der Waals surface area contributed by atoms with Crippen LogP contribution in [0.5, 0.6) is 0 Å². The Kier molecular flexibility index (Phi) is 5.33. The second-order valence-corrected chi connectivity index (χ2v) is 6.73. The van der Waals surface area contributed by atoms with E-state index in [-0.39, 0.29) is 17.8 Å². The Bertz CT molecular complexity index is 648. The Morgan fingerprint density at radius 3 is 2.65 bits per heavy atom. The summed E-state index contributed by atoms with van der Waals surface area (Å²) in [6, 6.07) is 8.45. The lowest BCUT2D eigenvalue weighted by Crippen LogP contribution is -2.24. The summed E-state index contributed by atoms with van der Waals surface area (Å²) >= 11 is 1.71. The van der Waals surface area contributed by atoms with Gasteiger partial charge in [-0.2, -0.15) is 0 Å². The third-order valence-electron chi connectivity index (χ3n) is 4.19. The number of hydrogen-bond acceptors (Lipinski definition) is 5. The van der Waals surface area contributed by atoms with Crippen molar-refractivity contribution >= 4 is 23.7 Å². The van der Waals surface area contributed by atoms with E-state index in [4.69, 9.17) is 4.42 Å². The van der Waals surface area contributed by atoms with Crippen molar-refractivity contribution in [3.05, 3.63) is 35.7 Å². The minimum absolute atomic E-state index is 0.00391. The zero-order valence-corrected chi connectivity index (χ0v) is 14.1. The number of carbonyl (C=O) groups excluding carboxylic acids is 1. The number of nitrogens with one attached hydrogen (secondary N) is 1. The molecule has 1 saturated carbocycles. The molecule has 23 heavy (non-hydrogen) atoms. The van der Waals surface area contributed by atoms with Crippen LogP contribution in [0.3, 0.4) is 0 Å². The highest BCUT2D eigenvalue weighted by atomic mass is 32.2. The smallest absolute Gasteiger partial charge is 0.322 e. The average molecular weight is 331 g/mol. The van der Waals surface area contributed by atoms with E-state index in [9.17, 15) is 4.79 Å². The number of hydrogen-bond donors (Lipinski definition) is 1. The van der Waals surface area contributed by atoms with Crippen LogP contribution in [0, 0.1) is 5.92 Å². The molecular formula is C17H21N3O2S. The van der Waals surface area contributed by atoms with Crippen molar-refractivity contribution in [1.82, 2.24) is 10.2 Å². The summed E-state index contributed by atoms with van der Waals surface area (Å²) < 4.78 is 5.55. The Morgan fingerprint density at radius 2 is 1.96 bits per heavy atom. The van der Waals surface area contributed by atoms with Gasteiger partial charge >= 0.3 is 6.01 Å². The third-order valence-corrected chi connectivity index (χ3v) is 4.93. The van der Waals surface area contributed by atoms with Gasteiger partial charge in [-0.3, -0.25) is 10.1 Å². The van der Waals surface area contributed by atoms with Gasteiger partial charge in [0.25, 0.3) is 0 Å². The van der Waals surface area contributed by atoms with Crippen LogP contribution >= 0.6 is 11.8 Å². The maximum Gasteiger partial charge on any atom is 0.322 e. The van der Waals surface area contributed by atoms with Crippen LogP contribution in [0.2, 0.25) is 0 Å². The van der Waals surface area contributed by atoms with Crippen LogP contribution < -0.4 is 5.32 Å². The van der Waals surface area contributed by atoms with Crippen molar-refractivity contribution in [3.8, 4) is 0 Å². The molecule has 0 aliphatic heterocycles. The quantitative estimate of drug-likeness (QED) is 0.842. The van der Waals surface area contributed by atoms with Crippen molar-refractivity contribution in [2.24, 2.45) is 5.92 Å². The fraction of sp³-hybridized carbons (Fsp3) is 0.471. The van der Waals surface area contributed by atoms with Crippen LogP contribution in [0.1, 0.15) is 43.6 Å². The van der Waals surface area contributed by atoms with Crippen molar-refractivity contribution < 1.29 is 9.21 Å². The third kappa shape index (κ3) is 4.34. The first kappa shape index (κ1) is 16.1. The molecule has 1 N–H and O–H groups in total. The number of thioether (sulfide) groups is 1. The van der Waals surface area contributed by atoms with Crippen LogP contribution in [-0.4, -0.2) is 22.4 Å². The number of rotatable bonds is 5. The number of benzene rings is 1. The van der Waals surface area contributed by atoms with Gasteiger partial charge in [0.1, 0.15) is 0 Å². The van der Waals surface area contributed by atoms with Crippen LogP contribution in [0.4, 0.5) is 6.01 Å². The van der Waals surface area contributed by atoms with E-state index in [1.54, 1.807) is 11.8 Å². The Morgan fingerprint density at radius 1 is 1.22 bits per heavy atom. The first-order chi connectivity index (χ1) is 11.2. The van der Waals surface area contributed by atoms with Gasteiger partial charge < -0.3 is 4.42 Å². The molecule has 1 aromatic heterocycles. The summed E-state index contributed by atoms with van der Waals surface area (Å²) in [6.07, 6.45) is 8.00. The first-order valence-electron chi connectivity index (χ1n) is 8.01. The minimum Gasteiger partial charge on any atom is -0.407 e. The van der Waals surface area contributed by atoms with Gasteiger partial charge in [0.15, 0.2) is 0 Å². The molecule has 0 atom stereocenters. The standard InChI is InChI=1S/C17H21N3O2S/c1-23-14-9-7-12(8-10-14)11-15-19-20-17(22-15)18-16(21)13-5-3-2-4-6-13/h7-10,13H,2-6,11H2,1H3,(H,18,20,21). The second-order valence-electron chi connectivity index (χ2n) is 5.85. The Balaban J connectivity index is 1.57. The Hall–Kier alpha value is -1.82. The number of anilines is 1. The highest BCUT2D eigenvalue weighted by Crippen LogP contribution is 2.25. The molecule has 1 aromatic carbocycles. The van der Waals surface area contributed by atoms with Gasteiger partial charge in [-0.1, -0.05) is 36.5 Å². The number of nitrogens with zero attached hydrogens (tertiary/aromatic N) is 2. The van der Waals surface area contributed by atoms with E-state index in [0.717, 1.165) is 31.2 Å². The maximum absolute atomic E-state index is 12.2. The fourth-order valence-corrected chi connectivity index (χ4v) is 3.27. The molecule has 1 fully saturated rings. The lowest BCUT2D eigenvalue weighted by atomic mass is 9.89. The van der Waals surface area contributed by atoms with E-state index < -0.39 is 0 Å². The zero-order chi connectivity index (χ0) is 16.1. The second kappa shape index (κ2) is 7.64. The lowest BCUT2D eigenvalue weighted by Gasteiger charge is -2.19. The van der Waals surface area contributed by atoms with Crippen molar-refractivity contribution in [1.29, 1.82) is 0 Å². The molecule has 0 unspecified atom stereocenters. The number of carbonyl (C=O) groups is 1. The molecule has 122 valence electrons. The number of aromatic nitrogens is 2. The summed E-state index contributed by atoms with van der Waals surface area (Å²) in [5.74, 6) is 0.600. The van der Waals surface area contributed by atoms with Crippen molar-refractivity contribution in [2.75, 3.05) is 11.6 Å². The van der Waals surface area contributed by atoms with E-state index in [1.807, 2.05) is 6.26 Å². The Labute approximate surface area is 140 Å². The summed E-state index contributed by atoms with van der Waals surface area (Å²) in [4.78, 5) is 13.4. The molecule has 1 heterocycles. The van der Waals surface area contributed by atoms with E-state index in [2.05, 4.69) is 39.8 Å². The topological polar surface area (TPSA) is 68.0 Å². The van der Waals surface area contributed by atoms with Gasteiger partial charge in [-0.15, -0.1) is 16.9 Å². The van der Waals surface area contributed by atoms with Gasteiger partial charge in [0, 0.05) is 10.8 Å². The summed E-state index contributed by atoms with van der Waals surface area (Å²) in [5.41, 5.74) is 1.11. The zero-order valence-electron chi connectivity index (χ0n) is 13.2. The molecule has 2 aromatic rings. The molecular weight excluding hydrogens is 310 g/mol. The fourth-order valence-electron chi connectivity index (χ4n) is 2.87.